The van der Waals surface area contributed by atoms with Crippen LogP contribution < -0.4 is 5.73 Å². The summed E-state index contributed by atoms with van der Waals surface area (Å²) in [7, 11) is 0. The number of imidazole rings is 1. The number of hydrogen-bond acceptors (Lipinski definition) is 4. The van der Waals surface area contributed by atoms with Gasteiger partial charge in [0, 0.05) is 24.2 Å². The van der Waals surface area contributed by atoms with E-state index in [-0.39, 0.29) is 5.69 Å². The van der Waals surface area contributed by atoms with E-state index in [0.29, 0.717) is 5.65 Å². The molecule has 0 spiro atoms. The fraction of sp³-hybridized carbons (Fsp3) is 0. The van der Waals surface area contributed by atoms with Gasteiger partial charge in [0.15, 0.2) is 11.3 Å². The van der Waals surface area contributed by atoms with Gasteiger partial charge < -0.3 is 5.73 Å². The van der Waals surface area contributed by atoms with Gasteiger partial charge in [0.05, 0.1) is 5.69 Å². The average molecular weight is 239 g/mol. The van der Waals surface area contributed by atoms with Crippen molar-refractivity contribution in [3.8, 4) is 11.3 Å². The number of primary amides is 1. The van der Waals surface area contributed by atoms with Gasteiger partial charge in [-0.15, -0.1) is 0 Å². The standard InChI is InChI=1S/C12H9N5O/c13-11(18)10-12-15-5-3-9(17(12)7-16-10)8-2-1-4-14-6-8/h1-7H,(H2,13,18). The van der Waals surface area contributed by atoms with Gasteiger partial charge in [-0.1, -0.05) is 0 Å². The largest absolute Gasteiger partial charge is 0.364 e. The van der Waals surface area contributed by atoms with Crippen molar-refractivity contribution in [2.45, 2.75) is 0 Å². The molecule has 2 N–H and O–H groups in total. The van der Waals surface area contributed by atoms with E-state index in [9.17, 15) is 4.79 Å². The van der Waals surface area contributed by atoms with Crippen molar-refractivity contribution in [3.05, 3.63) is 48.8 Å². The topological polar surface area (TPSA) is 86.2 Å². The summed E-state index contributed by atoms with van der Waals surface area (Å²) in [6.07, 6.45) is 6.58. The molecule has 6 heteroatoms. The van der Waals surface area contributed by atoms with E-state index >= 15 is 0 Å². The molecule has 18 heavy (non-hydrogen) atoms. The van der Waals surface area contributed by atoms with Gasteiger partial charge >= 0.3 is 0 Å². The molecule has 0 atom stereocenters. The van der Waals surface area contributed by atoms with Gasteiger partial charge in [0.1, 0.15) is 6.33 Å². The lowest BCUT2D eigenvalue weighted by Crippen LogP contribution is -2.12. The highest BCUT2D eigenvalue weighted by Crippen LogP contribution is 2.19. The Hall–Kier alpha value is -2.76. The molecule has 0 bridgehead atoms. The van der Waals surface area contributed by atoms with Crippen LogP contribution in [-0.2, 0) is 0 Å². The third kappa shape index (κ3) is 1.51. The minimum atomic E-state index is -0.590. The second-order valence-corrected chi connectivity index (χ2v) is 3.72. The number of carbonyl (C=O) groups excluding carboxylic acids is 1. The van der Waals surface area contributed by atoms with E-state index in [4.69, 9.17) is 5.73 Å². The maximum Gasteiger partial charge on any atom is 0.271 e. The first-order valence-electron chi connectivity index (χ1n) is 5.29. The van der Waals surface area contributed by atoms with E-state index in [1.165, 1.54) is 6.33 Å². The van der Waals surface area contributed by atoms with Gasteiger partial charge in [-0.05, 0) is 18.2 Å². The quantitative estimate of drug-likeness (QED) is 0.719. The van der Waals surface area contributed by atoms with E-state index in [1.54, 1.807) is 23.0 Å². The summed E-state index contributed by atoms with van der Waals surface area (Å²) >= 11 is 0. The number of pyridine rings is 1. The normalized spacial score (nSPS) is 10.7. The lowest BCUT2D eigenvalue weighted by molar-refractivity contribution is 0.0997. The molecule has 0 radical (unpaired) electrons. The molecule has 6 nitrogen and oxygen atoms in total. The Bertz CT molecular complexity index is 720. The molecule has 0 aliphatic heterocycles. The van der Waals surface area contributed by atoms with E-state index in [1.807, 2.05) is 18.2 Å². The molecule has 3 rings (SSSR count). The molecule has 1 amide bonds. The van der Waals surface area contributed by atoms with Gasteiger partial charge in [-0.25, -0.2) is 9.97 Å². The van der Waals surface area contributed by atoms with E-state index < -0.39 is 5.91 Å². The van der Waals surface area contributed by atoms with Crippen LogP contribution in [0.5, 0.6) is 0 Å². The molecule has 0 unspecified atom stereocenters. The second-order valence-electron chi connectivity index (χ2n) is 3.72. The minimum Gasteiger partial charge on any atom is -0.364 e. The molecule has 0 saturated carbocycles. The molecule has 0 saturated heterocycles. The van der Waals surface area contributed by atoms with Gasteiger partial charge in [-0.2, -0.15) is 0 Å². The molecule has 0 fully saturated rings. The molecule has 3 aromatic heterocycles. The van der Waals surface area contributed by atoms with Crippen molar-refractivity contribution in [2.24, 2.45) is 5.73 Å². The maximum absolute atomic E-state index is 11.2. The summed E-state index contributed by atoms with van der Waals surface area (Å²) in [5, 5.41) is 0. The van der Waals surface area contributed by atoms with Crippen LogP contribution in [0.25, 0.3) is 16.9 Å². The molecule has 0 aromatic carbocycles. The Morgan fingerprint density at radius 2 is 2.11 bits per heavy atom. The highest BCUT2D eigenvalue weighted by atomic mass is 16.1. The van der Waals surface area contributed by atoms with E-state index in [0.717, 1.165) is 11.3 Å². The fourth-order valence-corrected chi connectivity index (χ4v) is 1.82. The van der Waals surface area contributed by atoms with Crippen LogP contribution in [0.15, 0.2) is 43.1 Å². The smallest absolute Gasteiger partial charge is 0.271 e. The maximum atomic E-state index is 11.2. The lowest BCUT2D eigenvalue weighted by atomic mass is 10.2. The van der Waals surface area contributed by atoms with Crippen molar-refractivity contribution in [3.63, 3.8) is 0 Å². The number of fused-ring (bicyclic) bond motifs is 1. The van der Waals surface area contributed by atoms with Crippen molar-refractivity contribution < 1.29 is 4.79 Å². The van der Waals surface area contributed by atoms with Crippen molar-refractivity contribution in [2.75, 3.05) is 0 Å². The summed E-state index contributed by atoms with van der Waals surface area (Å²) in [6, 6.07) is 5.59. The van der Waals surface area contributed by atoms with Crippen molar-refractivity contribution in [1.82, 2.24) is 19.4 Å². The van der Waals surface area contributed by atoms with Gasteiger partial charge in [-0.3, -0.25) is 14.2 Å². The third-order valence-corrected chi connectivity index (χ3v) is 2.62. The number of aromatic nitrogens is 4. The highest BCUT2D eigenvalue weighted by Gasteiger charge is 2.13. The Labute approximate surface area is 102 Å². The first kappa shape index (κ1) is 10.4. The minimum absolute atomic E-state index is 0.167. The van der Waals surface area contributed by atoms with Crippen molar-refractivity contribution in [1.29, 1.82) is 0 Å². The number of rotatable bonds is 2. The summed E-state index contributed by atoms with van der Waals surface area (Å²) in [5.74, 6) is -0.590. The Kier molecular flexibility index (Phi) is 2.26. The molecule has 88 valence electrons. The van der Waals surface area contributed by atoms with Gasteiger partial charge in [0.2, 0.25) is 0 Å². The van der Waals surface area contributed by atoms with E-state index in [2.05, 4.69) is 15.0 Å². The Morgan fingerprint density at radius 3 is 2.83 bits per heavy atom. The van der Waals surface area contributed by atoms with Crippen LogP contribution in [-0.4, -0.2) is 25.3 Å². The predicted molar refractivity (Wildman–Crippen MR) is 64.7 cm³/mol. The highest BCUT2D eigenvalue weighted by molar-refractivity contribution is 5.97. The second kappa shape index (κ2) is 3.92. The monoisotopic (exact) mass is 239 g/mol. The van der Waals surface area contributed by atoms with Gasteiger partial charge in [0.25, 0.3) is 5.91 Å². The zero-order valence-electron chi connectivity index (χ0n) is 9.32. The summed E-state index contributed by atoms with van der Waals surface area (Å²) in [5.41, 5.74) is 7.63. The summed E-state index contributed by atoms with van der Waals surface area (Å²) in [6.45, 7) is 0. The summed E-state index contributed by atoms with van der Waals surface area (Å²) in [4.78, 5) is 23.4. The molecular weight excluding hydrogens is 230 g/mol. The summed E-state index contributed by atoms with van der Waals surface area (Å²) < 4.78 is 1.72. The van der Waals surface area contributed by atoms with Crippen LogP contribution >= 0.6 is 0 Å². The first-order valence-corrected chi connectivity index (χ1v) is 5.29. The SMILES string of the molecule is NC(=O)c1ncn2c(-c3cccnc3)ccnc12. The zero-order chi connectivity index (χ0) is 12.5. The predicted octanol–water partition coefficient (Wildman–Crippen LogP) is 0.890. The molecule has 0 aliphatic rings. The lowest BCUT2D eigenvalue weighted by Gasteiger charge is -2.04. The third-order valence-electron chi connectivity index (χ3n) is 2.62. The number of amides is 1. The zero-order valence-corrected chi connectivity index (χ0v) is 9.32. The number of carbonyl (C=O) groups is 1. The average Bonchev–Trinajstić information content (AvgIpc) is 2.83. The van der Waals surface area contributed by atoms with Crippen LogP contribution in [0.1, 0.15) is 10.5 Å². The fourth-order valence-electron chi connectivity index (χ4n) is 1.82. The Morgan fingerprint density at radius 1 is 1.22 bits per heavy atom. The Balaban J connectivity index is 2.29. The van der Waals surface area contributed by atoms with Crippen LogP contribution in [0.4, 0.5) is 0 Å². The van der Waals surface area contributed by atoms with Crippen LogP contribution in [0.3, 0.4) is 0 Å². The van der Waals surface area contributed by atoms with Crippen LogP contribution in [0, 0.1) is 0 Å². The molecule has 3 heterocycles. The molecular formula is C12H9N5O. The molecule has 3 aromatic rings. The number of hydrogen-bond donors (Lipinski definition) is 1. The number of nitrogens with two attached hydrogens (primary N) is 1. The molecule has 0 aliphatic carbocycles. The van der Waals surface area contributed by atoms with Crippen molar-refractivity contribution >= 4 is 11.6 Å². The number of nitrogens with zero attached hydrogens (tertiary/aromatic N) is 4. The van der Waals surface area contributed by atoms with Crippen LogP contribution in [0.2, 0.25) is 0 Å². The first-order chi connectivity index (χ1) is 8.77.